The predicted octanol–water partition coefficient (Wildman–Crippen LogP) is -0.598. The van der Waals surface area contributed by atoms with Crippen molar-refractivity contribution in [2.24, 2.45) is 5.10 Å². The third-order valence-corrected chi connectivity index (χ3v) is 1.16. The molecule has 0 aromatic carbocycles. The lowest BCUT2D eigenvalue weighted by atomic mass is 10.5. The lowest BCUT2D eigenvalue weighted by Crippen LogP contribution is -2.37. The van der Waals surface area contributed by atoms with Crippen molar-refractivity contribution in [2.75, 3.05) is 6.61 Å². The Bertz CT molecular complexity index is 169. The summed E-state index contributed by atoms with van der Waals surface area (Å²) in [7, 11) is 0. The zero-order chi connectivity index (χ0) is 8.10. The smallest absolute Gasteiger partial charge is 0.308 e. The topological polar surface area (TPSA) is 62.7 Å². The molecule has 1 aliphatic rings. The van der Waals surface area contributed by atoms with Gasteiger partial charge >= 0.3 is 6.02 Å². The largest absolute Gasteiger partial charge is 0.464 e. The molecule has 1 heterocycles. The van der Waals surface area contributed by atoms with Crippen molar-refractivity contribution in [3.05, 3.63) is 0 Å². The summed E-state index contributed by atoms with van der Waals surface area (Å²) >= 11 is 0. The van der Waals surface area contributed by atoms with E-state index < -0.39 is 6.17 Å². The monoisotopic (exact) mass is 157 g/mol. The van der Waals surface area contributed by atoms with Crippen LogP contribution in [0.15, 0.2) is 5.10 Å². The summed E-state index contributed by atoms with van der Waals surface area (Å²) in [5.74, 6) is 0. The fourth-order valence-corrected chi connectivity index (χ4v) is 0.663. The quantitative estimate of drug-likeness (QED) is 0.537. The molecule has 11 heavy (non-hydrogen) atoms. The van der Waals surface area contributed by atoms with Crippen molar-refractivity contribution < 1.29 is 9.53 Å². The SMILES string of the molecule is CCCOC1=NNC(C=O)N1. The summed E-state index contributed by atoms with van der Waals surface area (Å²) in [4.78, 5) is 10.2. The van der Waals surface area contributed by atoms with E-state index in [4.69, 9.17) is 4.74 Å². The van der Waals surface area contributed by atoms with Crippen LogP contribution in [0.4, 0.5) is 0 Å². The van der Waals surface area contributed by atoms with E-state index in [0.29, 0.717) is 12.6 Å². The Morgan fingerprint density at radius 3 is 3.18 bits per heavy atom. The van der Waals surface area contributed by atoms with Crippen molar-refractivity contribution in [1.82, 2.24) is 10.7 Å². The van der Waals surface area contributed by atoms with Crippen molar-refractivity contribution in [2.45, 2.75) is 19.5 Å². The summed E-state index contributed by atoms with van der Waals surface area (Å²) in [5.41, 5.74) is 2.55. The van der Waals surface area contributed by atoms with Crippen LogP contribution >= 0.6 is 0 Å². The molecule has 0 aliphatic carbocycles. The van der Waals surface area contributed by atoms with Gasteiger partial charge in [-0.3, -0.25) is 10.2 Å². The van der Waals surface area contributed by atoms with Gasteiger partial charge in [-0.25, -0.2) is 0 Å². The van der Waals surface area contributed by atoms with Gasteiger partial charge in [0.2, 0.25) is 0 Å². The van der Waals surface area contributed by atoms with Gasteiger partial charge in [0, 0.05) is 0 Å². The first-order valence-electron chi connectivity index (χ1n) is 3.54. The second-order valence-corrected chi connectivity index (χ2v) is 2.15. The Labute approximate surface area is 64.8 Å². The van der Waals surface area contributed by atoms with E-state index >= 15 is 0 Å². The maximum Gasteiger partial charge on any atom is 0.308 e. The molecule has 2 N–H and O–H groups in total. The molecule has 5 nitrogen and oxygen atoms in total. The molecule has 0 amide bonds. The first-order valence-corrected chi connectivity index (χ1v) is 3.54. The summed E-state index contributed by atoms with van der Waals surface area (Å²) in [6.45, 7) is 2.61. The fraction of sp³-hybridized carbons (Fsp3) is 0.667. The van der Waals surface area contributed by atoms with Gasteiger partial charge in [-0.1, -0.05) is 6.92 Å². The first kappa shape index (κ1) is 7.84. The normalized spacial score (nSPS) is 21.5. The molecule has 0 saturated heterocycles. The third kappa shape index (κ3) is 2.10. The minimum Gasteiger partial charge on any atom is -0.464 e. The van der Waals surface area contributed by atoms with Gasteiger partial charge in [0.1, 0.15) is 0 Å². The molecule has 0 saturated carbocycles. The number of amidine groups is 1. The van der Waals surface area contributed by atoms with E-state index in [9.17, 15) is 4.79 Å². The molecule has 0 aromatic heterocycles. The van der Waals surface area contributed by atoms with Crippen LogP contribution in [0.5, 0.6) is 0 Å². The van der Waals surface area contributed by atoms with Crippen molar-refractivity contribution in [3.8, 4) is 0 Å². The highest BCUT2D eigenvalue weighted by Crippen LogP contribution is 1.89. The number of aldehydes is 1. The molecular weight excluding hydrogens is 146 g/mol. The molecule has 5 heteroatoms. The molecule has 0 spiro atoms. The second kappa shape index (κ2) is 3.80. The average molecular weight is 157 g/mol. The predicted molar refractivity (Wildman–Crippen MR) is 39.8 cm³/mol. The average Bonchev–Trinajstić information content (AvgIpc) is 2.48. The van der Waals surface area contributed by atoms with Crippen LogP contribution in [0.25, 0.3) is 0 Å². The highest BCUT2D eigenvalue weighted by Gasteiger charge is 2.15. The van der Waals surface area contributed by atoms with Crippen LogP contribution in [0, 0.1) is 0 Å². The van der Waals surface area contributed by atoms with Crippen LogP contribution < -0.4 is 10.7 Å². The van der Waals surface area contributed by atoms with Crippen LogP contribution in [0.2, 0.25) is 0 Å². The van der Waals surface area contributed by atoms with Crippen LogP contribution in [0.1, 0.15) is 13.3 Å². The Hall–Kier alpha value is -1.26. The number of hydrazone groups is 1. The molecule has 0 aromatic rings. The van der Waals surface area contributed by atoms with E-state index in [2.05, 4.69) is 15.8 Å². The van der Waals surface area contributed by atoms with Gasteiger partial charge in [-0.2, -0.15) is 0 Å². The molecule has 1 unspecified atom stereocenters. The number of rotatable bonds is 3. The number of ether oxygens (including phenoxy) is 1. The number of carbonyl (C=O) groups excluding carboxylic acids is 1. The number of nitrogens with one attached hydrogen (secondary N) is 2. The second-order valence-electron chi connectivity index (χ2n) is 2.15. The fourth-order valence-electron chi connectivity index (χ4n) is 0.663. The van der Waals surface area contributed by atoms with Crippen molar-refractivity contribution in [1.29, 1.82) is 0 Å². The van der Waals surface area contributed by atoms with E-state index in [1.807, 2.05) is 6.92 Å². The first-order chi connectivity index (χ1) is 5.36. The van der Waals surface area contributed by atoms with Gasteiger partial charge in [0.25, 0.3) is 0 Å². The summed E-state index contributed by atoms with van der Waals surface area (Å²) in [6.07, 6.45) is 1.22. The molecule has 62 valence electrons. The number of carbonyl (C=O) groups is 1. The lowest BCUT2D eigenvalue weighted by Gasteiger charge is -2.03. The molecule has 0 bridgehead atoms. The Morgan fingerprint density at radius 1 is 1.82 bits per heavy atom. The third-order valence-electron chi connectivity index (χ3n) is 1.16. The summed E-state index contributed by atoms with van der Waals surface area (Å²) < 4.78 is 5.10. The van der Waals surface area contributed by atoms with E-state index in [1.165, 1.54) is 0 Å². The van der Waals surface area contributed by atoms with Gasteiger partial charge in [0.15, 0.2) is 12.5 Å². The minimum atomic E-state index is -0.429. The van der Waals surface area contributed by atoms with Gasteiger partial charge < -0.3 is 10.1 Å². The van der Waals surface area contributed by atoms with Gasteiger partial charge in [-0.15, -0.1) is 5.10 Å². The summed E-state index contributed by atoms with van der Waals surface area (Å²) in [5, 5.41) is 6.45. The van der Waals surface area contributed by atoms with Gasteiger partial charge in [-0.05, 0) is 6.42 Å². The number of hydrogen-bond acceptors (Lipinski definition) is 5. The zero-order valence-electron chi connectivity index (χ0n) is 6.33. The standard InChI is InChI=1S/C6H11N3O2/c1-2-3-11-6-7-5(4-10)8-9-6/h4-5,8H,2-3H2,1H3,(H,7,9). The summed E-state index contributed by atoms with van der Waals surface area (Å²) in [6, 6.07) is 0.393. The van der Waals surface area contributed by atoms with E-state index in [-0.39, 0.29) is 0 Å². The number of nitrogens with zero attached hydrogens (tertiary/aromatic N) is 1. The Balaban J connectivity index is 2.22. The van der Waals surface area contributed by atoms with Crippen LogP contribution in [-0.4, -0.2) is 25.1 Å². The van der Waals surface area contributed by atoms with Crippen molar-refractivity contribution >= 4 is 12.3 Å². The maximum absolute atomic E-state index is 10.2. The van der Waals surface area contributed by atoms with Crippen molar-refractivity contribution in [3.63, 3.8) is 0 Å². The molecule has 0 fully saturated rings. The molecular formula is C6H11N3O2. The van der Waals surface area contributed by atoms with E-state index in [1.54, 1.807) is 0 Å². The molecule has 1 atom stereocenters. The highest BCUT2D eigenvalue weighted by molar-refractivity contribution is 5.79. The van der Waals surface area contributed by atoms with Crippen LogP contribution in [-0.2, 0) is 9.53 Å². The number of hydrogen-bond donors (Lipinski definition) is 2. The molecule has 1 rings (SSSR count). The van der Waals surface area contributed by atoms with E-state index in [0.717, 1.165) is 12.7 Å². The van der Waals surface area contributed by atoms with Gasteiger partial charge in [0.05, 0.1) is 6.61 Å². The Kier molecular flexibility index (Phi) is 2.71. The lowest BCUT2D eigenvalue weighted by molar-refractivity contribution is -0.109. The Morgan fingerprint density at radius 2 is 2.64 bits per heavy atom. The highest BCUT2D eigenvalue weighted by atomic mass is 16.5. The molecule has 1 aliphatic heterocycles. The molecule has 0 radical (unpaired) electrons. The zero-order valence-corrected chi connectivity index (χ0v) is 6.33. The maximum atomic E-state index is 10.2. The minimum absolute atomic E-state index is 0.393. The van der Waals surface area contributed by atoms with Crippen LogP contribution in [0.3, 0.4) is 0 Å².